The van der Waals surface area contributed by atoms with E-state index in [0.29, 0.717) is 12.3 Å². The van der Waals surface area contributed by atoms with Gasteiger partial charge in [-0.25, -0.2) is 0 Å². The number of carbonyl (C=O) groups is 2. The maximum absolute atomic E-state index is 12.3. The summed E-state index contributed by atoms with van der Waals surface area (Å²) in [5.41, 5.74) is 0. The Morgan fingerprint density at radius 2 is 2.06 bits per heavy atom. The molecule has 0 spiro atoms. The monoisotopic (exact) mass is 256 g/mol. The third-order valence-corrected chi connectivity index (χ3v) is 3.46. The average Bonchev–Trinajstić information content (AvgIpc) is 2.35. The summed E-state index contributed by atoms with van der Waals surface area (Å²) in [7, 11) is 1.80. The summed E-state index contributed by atoms with van der Waals surface area (Å²) in [4.78, 5) is 26.9. The van der Waals surface area contributed by atoms with Gasteiger partial charge in [0.1, 0.15) is 0 Å². The molecule has 5 heteroatoms. The SMILES string of the molecule is CC1CN(C)C(=O)C(CCC(=O)O)N(C(C)C)C1. The second-order valence-electron chi connectivity index (χ2n) is 5.56. The molecule has 1 rings (SSSR count). The predicted octanol–water partition coefficient (Wildman–Crippen LogP) is 1.04. The van der Waals surface area contributed by atoms with E-state index in [1.807, 2.05) is 0 Å². The first-order chi connectivity index (χ1) is 8.32. The van der Waals surface area contributed by atoms with Gasteiger partial charge in [0.15, 0.2) is 0 Å². The fourth-order valence-corrected chi connectivity index (χ4v) is 2.62. The molecule has 0 aromatic rings. The van der Waals surface area contributed by atoms with Gasteiger partial charge < -0.3 is 10.0 Å². The number of hydrogen-bond donors (Lipinski definition) is 1. The van der Waals surface area contributed by atoms with Gasteiger partial charge in [-0.3, -0.25) is 14.5 Å². The van der Waals surface area contributed by atoms with Gasteiger partial charge in [0, 0.05) is 32.6 Å². The van der Waals surface area contributed by atoms with Crippen molar-refractivity contribution in [1.82, 2.24) is 9.80 Å². The van der Waals surface area contributed by atoms with E-state index in [9.17, 15) is 9.59 Å². The van der Waals surface area contributed by atoms with Gasteiger partial charge in [-0.1, -0.05) is 6.92 Å². The number of carboxylic acid groups (broad SMARTS) is 1. The van der Waals surface area contributed by atoms with Crippen LogP contribution in [0.25, 0.3) is 0 Å². The van der Waals surface area contributed by atoms with Crippen molar-refractivity contribution < 1.29 is 14.7 Å². The van der Waals surface area contributed by atoms with E-state index in [1.165, 1.54) is 0 Å². The number of amides is 1. The van der Waals surface area contributed by atoms with E-state index in [0.717, 1.165) is 13.1 Å². The zero-order valence-electron chi connectivity index (χ0n) is 11.7. The molecule has 18 heavy (non-hydrogen) atoms. The lowest BCUT2D eigenvalue weighted by molar-refractivity contribution is -0.139. The van der Waals surface area contributed by atoms with Crippen LogP contribution in [0.15, 0.2) is 0 Å². The van der Waals surface area contributed by atoms with Crippen LogP contribution < -0.4 is 0 Å². The van der Waals surface area contributed by atoms with E-state index < -0.39 is 5.97 Å². The zero-order valence-corrected chi connectivity index (χ0v) is 11.7. The molecule has 1 aliphatic heterocycles. The van der Waals surface area contributed by atoms with Gasteiger partial charge in [-0.2, -0.15) is 0 Å². The minimum absolute atomic E-state index is 0.0435. The van der Waals surface area contributed by atoms with Gasteiger partial charge >= 0.3 is 5.97 Å². The van der Waals surface area contributed by atoms with Crippen LogP contribution in [0.3, 0.4) is 0 Å². The van der Waals surface area contributed by atoms with Crippen LogP contribution in [0.4, 0.5) is 0 Å². The summed E-state index contributed by atoms with van der Waals surface area (Å²) in [5.74, 6) is -0.378. The predicted molar refractivity (Wildman–Crippen MR) is 69.3 cm³/mol. The molecule has 0 aliphatic carbocycles. The van der Waals surface area contributed by atoms with Gasteiger partial charge in [0.05, 0.1) is 6.04 Å². The van der Waals surface area contributed by atoms with Crippen LogP contribution in [-0.4, -0.2) is 59.0 Å². The molecular formula is C13H24N2O3. The molecule has 1 saturated heterocycles. The summed E-state index contributed by atoms with van der Waals surface area (Å²) in [5, 5.41) is 8.80. The molecule has 0 aromatic carbocycles. The van der Waals surface area contributed by atoms with E-state index in [2.05, 4.69) is 25.7 Å². The summed E-state index contributed by atoms with van der Waals surface area (Å²) >= 11 is 0. The van der Waals surface area contributed by atoms with Crippen molar-refractivity contribution >= 4 is 11.9 Å². The molecule has 0 aromatic heterocycles. The third-order valence-electron chi connectivity index (χ3n) is 3.46. The molecule has 1 aliphatic rings. The average molecular weight is 256 g/mol. The first-order valence-corrected chi connectivity index (χ1v) is 6.55. The van der Waals surface area contributed by atoms with Crippen LogP contribution in [0.2, 0.25) is 0 Å². The quantitative estimate of drug-likeness (QED) is 0.816. The molecule has 104 valence electrons. The van der Waals surface area contributed by atoms with Crippen LogP contribution in [0, 0.1) is 5.92 Å². The van der Waals surface area contributed by atoms with Crippen LogP contribution >= 0.6 is 0 Å². The van der Waals surface area contributed by atoms with Crippen molar-refractivity contribution in [3.8, 4) is 0 Å². The summed E-state index contributed by atoms with van der Waals surface area (Å²) in [6.07, 6.45) is 0.436. The van der Waals surface area contributed by atoms with E-state index in [1.54, 1.807) is 11.9 Å². The van der Waals surface area contributed by atoms with Crippen molar-refractivity contribution in [2.24, 2.45) is 5.92 Å². The van der Waals surface area contributed by atoms with Crippen molar-refractivity contribution in [2.75, 3.05) is 20.1 Å². The minimum atomic E-state index is -0.841. The molecule has 1 heterocycles. The van der Waals surface area contributed by atoms with E-state index in [-0.39, 0.29) is 24.4 Å². The van der Waals surface area contributed by atoms with Gasteiger partial charge in [0.25, 0.3) is 0 Å². The lowest BCUT2D eigenvalue weighted by Crippen LogP contribution is -2.48. The van der Waals surface area contributed by atoms with E-state index in [4.69, 9.17) is 5.11 Å². The number of carboxylic acids is 1. The second-order valence-corrected chi connectivity index (χ2v) is 5.56. The number of hydrogen-bond acceptors (Lipinski definition) is 3. The van der Waals surface area contributed by atoms with Gasteiger partial charge in [-0.15, -0.1) is 0 Å². The highest BCUT2D eigenvalue weighted by molar-refractivity contribution is 5.82. The van der Waals surface area contributed by atoms with Crippen molar-refractivity contribution in [1.29, 1.82) is 0 Å². The largest absolute Gasteiger partial charge is 0.481 e. The molecule has 0 bridgehead atoms. The number of carbonyl (C=O) groups excluding carboxylic acids is 1. The first-order valence-electron chi connectivity index (χ1n) is 6.55. The second kappa shape index (κ2) is 6.18. The highest BCUT2D eigenvalue weighted by Gasteiger charge is 2.34. The summed E-state index contributed by atoms with van der Waals surface area (Å²) in [6, 6.07) is -0.0438. The number of rotatable bonds is 4. The maximum atomic E-state index is 12.3. The molecule has 0 radical (unpaired) electrons. The Morgan fingerprint density at radius 3 is 2.56 bits per heavy atom. The Labute approximate surface area is 109 Å². The Hall–Kier alpha value is -1.10. The summed E-state index contributed by atoms with van der Waals surface area (Å²) < 4.78 is 0. The first kappa shape index (κ1) is 15.0. The number of nitrogens with zero attached hydrogens (tertiary/aromatic N) is 2. The highest BCUT2D eigenvalue weighted by atomic mass is 16.4. The lowest BCUT2D eigenvalue weighted by Gasteiger charge is -2.33. The Kier molecular flexibility index (Phi) is 5.14. The Morgan fingerprint density at radius 1 is 1.44 bits per heavy atom. The van der Waals surface area contributed by atoms with Crippen molar-refractivity contribution in [2.45, 2.75) is 45.7 Å². The van der Waals surface area contributed by atoms with Crippen molar-refractivity contribution in [3.63, 3.8) is 0 Å². The minimum Gasteiger partial charge on any atom is -0.481 e. The molecule has 1 amide bonds. The third kappa shape index (κ3) is 3.70. The number of likely N-dealkylation sites (N-methyl/N-ethyl adjacent to an activating group) is 1. The Balaban J connectivity index is 2.87. The van der Waals surface area contributed by atoms with Crippen LogP contribution in [0.5, 0.6) is 0 Å². The van der Waals surface area contributed by atoms with E-state index >= 15 is 0 Å². The standard InChI is InChI=1S/C13H24N2O3/c1-9(2)15-8-10(3)7-14(4)13(18)11(15)5-6-12(16)17/h9-11H,5-8H2,1-4H3,(H,16,17). The number of aliphatic carboxylic acids is 1. The molecule has 2 atom stereocenters. The fraction of sp³-hybridized carbons (Fsp3) is 0.846. The van der Waals surface area contributed by atoms with Crippen LogP contribution in [0.1, 0.15) is 33.6 Å². The maximum Gasteiger partial charge on any atom is 0.303 e. The molecule has 1 fully saturated rings. The Bertz CT molecular complexity index is 317. The van der Waals surface area contributed by atoms with Gasteiger partial charge in [0.2, 0.25) is 5.91 Å². The highest BCUT2D eigenvalue weighted by Crippen LogP contribution is 2.20. The van der Waals surface area contributed by atoms with Crippen molar-refractivity contribution in [3.05, 3.63) is 0 Å². The molecule has 0 saturated carbocycles. The van der Waals surface area contributed by atoms with Gasteiger partial charge in [-0.05, 0) is 26.2 Å². The molecule has 5 nitrogen and oxygen atoms in total. The topological polar surface area (TPSA) is 60.9 Å². The molecule has 1 N–H and O–H groups in total. The molecule has 2 unspecified atom stereocenters. The smallest absolute Gasteiger partial charge is 0.303 e. The zero-order chi connectivity index (χ0) is 13.9. The lowest BCUT2D eigenvalue weighted by atomic mass is 10.1. The van der Waals surface area contributed by atoms with Crippen LogP contribution in [-0.2, 0) is 9.59 Å². The molecular weight excluding hydrogens is 232 g/mol. The fourth-order valence-electron chi connectivity index (χ4n) is 2.62. The summed E-state index contributed by atoms with van der Waals surface area (Å²) in [6.45, 7) is 7.82. The normalized spacial score (nSPS) is 26.5.